The van der Waals surface area contributed by atoms with Gasteiger partial charge in [-0.15, -0.1) is 0 Å². The molecule has 1 atom stereocenters. The highest BCUT2D eigenvalue weighted by molar-refractivity contribution is 6.32. The van der Waals surface area contributed by atoms with Crippen molar-refractivity contribution in [3.05, 3.63) is 70.9 Å². The molecule has 0 aliphatic carbocycles. The van der Waals surface area contributed by atoms with Crippen molar-refractivity contribution < 1.29 is 23.1 Å². The normalized spacial score (nSPS) is 16.9. The van der Waals surface area contributed by atoms with Crippen LogP contribution in [0.4, 0.5) is 13.2 Å². The summed E-state index contributed by atoms with van der Waals surface area (Å²) < 4.78 is 41.3. The van der Waals surface area contributed by atoms with Crippen LogP contribution in [-0.2, 0) is 6.18 Å². The van der Waals surface area contributed by atoms with Crippen molar-refractivity contribution in [1.82, 2.24) is 14.7 Å². The second-order valence-corrected chi connectivity index (χ2v) is 8.20. The SMILES string of the molecule is O=C(c1ccc(-c2cc(C(F)(F)F)nn2-c2ccccc2Cl)cc1)N1CCCC(CO)C1. The van der Waals surface area contributed by atoms with Gasteiger partial charge < -0.3 is 10.0 Å². The molecule has 0 radical (unpaired) electrons. The average Bonchev–Trinajstić information content (AvgIpc) is 3.25. The molecule has 168 valence electrons. The Bertz CT molecular complexity index is 1110. The molecule has 5 nitrogen and oxygen atoms in total. The number of hydrogen-bond acceptors (Lipinski definition) is 3. The van der Waals surface area contributed by atoms with Crippen LogP contribution in [0.1, 0.15) is 28.9 Å². The molecule has 1 fully saturated rings. The van der Waals surface area contributed by atoms with Crippen LogP contribution in [0, 0.1) is 5.92 Å². The second-order valence-electron chi connectivity index (χ2n) is 7.80. The molecule has 1 saturated heterocycles. The van der Waals surface area contributed by atoms with Gasteiger partial charge >= 0.3 is 6.18 Å². The van der Waals surface area contributed by atoms with Crippen LogP contribution < -0.4 is 0 Å². The molecule has 2 aromatic carbocycles. The Balaban J connectivity index is 1.67. The van der Waals surface area contributed by atoms with Gasteiger partial charge in [0.25, 0.3) is 5.91 Å². The lowest BCUT2D eigenvalue weighted by molar-refractivity contribution is -0.141. The maximum Gasteiger partial charge on any atom is 0.435 e. The molecule has 2 heterocycles. The average molecular weight is 464 g/mol. The third-order valence-electron chi connectivity index (χ3n) is 5.57. The molecule has 32 heavy (non-hydrogen) atoms. The fourth-order valence-electron chi connectivity index (χ4n) is 3.90. The molecule has 1 aromatic heterocycles. The molecule has 0 bridgehead atoms. The van der Waals surface area contributed by atoms with Crippen LogP contribution >= 0.6 is 11.6 Å². The first-order valence-electron chi connectivity index (χ1n) is 10.2. The lowest BCUT2D eigenvalue weighted by Crippen LogP contribution is -2.40. The molecule has 1 aliphatic heterocycles. The summed E-state index contributed by atoms with van der Waals surface area (Å²) in [7, 11) is 0. The van der Waals surface area contributed by atoms with Crippen molar-refractivity contribution >= 4 is 17.5 Å². The molecular weight excluding hydrogens is 443 g/mol. The zero-order valence-corrected chi connectivity index (χ0v) is 17.8. The Kier molecular flexibility index (Phi) is 6.26. The standard InChI is InChI=1S/C23H21ClF3N3O2/c24-18-5-1-2-6-19(18)30-20(12-21(28-30)23(25,26)27)16-7-9-17(10-8-16)22(32)29-11-3-4-15(13-29)14-31/h1-2,5-10,12,15,31H,3-4,11,13-14H2. The molecule has 1 aliphatic rings. The number of aromatic nitrogens is 2. The maximum atomic E-state index is 13.4. The predicted octanol–water partition coefficient (Wildman–Crippen LogP) is 5.06. The number of nitrogens with zero attached hydrogens (tertiary/aromatic N) is 3. The maximum absolute atomic E-state index is 13.4. The summed E-state index contributed by atoms with van der Waals surface area (Å²) in [5.41, 5.74) is 0.408. The molecule has 1 amide bonds. The largest absolute Gasteiger partial charge is 0.435 e. The number of para-hydroxylation sites is 1. The zero-order valence-electron chi connectivity index (χ0n) is 17.0. The van der Waals surface area contributed by atoms with Gasteiger partial charge in [-0.05, 0) is 49.1 Å². The number of piperidine rings is 1. The smallest absolute Gasteiger partial charge is 0.396 e. The van der Waals surface area contributed by atoms with Crippen molar-refractivity contribution in [3.63, 3.8) is 0 Å². The van der Waals surface area contributed by atoms with Gasteiger partial charge in [0.1, 0.15) is 0 Å². The second kappa shape index (κ2) is 8.96. The number of hydrogen-bond donors (Lipinski definition) is 1. The summed E-state index contributed by atoms with van der Waals surface area (Å²) in [6.07, 6.45) is -2.91. The van der Waals surface area contributed by atoms with Gasteiger partial charge in [-0.2, -0.15) is 18.3 Å². The number of aliphatic hydroxyl groups excluding tert-OH is 1. The molecule has 1 unspecified atom stereocenters. The van der Waals surface area contributed by atoms with Crippen molar-refractivity contribution in [2.45, 2.75) is 19.0 Å². The minimum Gasteiger partial charge on any atom is -0.396 e. The van der Waals surface area contributed by atoms with E-state index in [1.165, 1.54) is 4.68 Å². The number of rotatable bonds is 4. The first kappa shape index (κ1) is 22.4. The third kappa shape index (κ3) is 4.52. The van der Waals surface area contributed by atoms with Gasteiger partial charge in [-0.25, -0.2) is 4.68 Å². The third-order valence-corrected chi connectivity index (χ3v) is 5.89. The van der Waals surface area contributed by atoms with E-state index >= 15 is 0 Å². The van der Waals surface area contributed by atoms with E-state index < -0.39 is 11.9 Å². The van der Waals surface area contributed by atoms with Crippen LogP contribution in [-0.4, -0.2) is 45.4 Å². The Morgan fingerprint density at radius 3 is 2.53 bits per heavy atom. The van der Waals surface area contributed by atoms with Gasteiger partial charge in [0.2, 0.25) is 0 Å². The van der Waals surface area contributed by atoms with E-state index in [0.29, 0.717) is 29.9 Å². The quantitative estimate of drug-likeness (QED) is 0.588. The Morgan fingerprint density at radius 1 is 1.16 bits per heavy atom. The van der Waals surface area contributed by atoms with Crippen LogP contribution in [0.2, 0.25) is 5.02 Å². The number of amides is 1. The Morgan fingerprint density at radius 2 is 1.88 bits per heavy atom. The molecule has 1 N–H and O–H groups in total. The van der Waals surface area contributed by atoms with Crippen LogP contribution in [0.25, 0.3) is 16.9 Å². The van der Waals surface area contributed by atoms with Crippen molar-refractivity contribution in [1.29, 1.82) is 0 Å². The van der Waals surface area contributed by atoms with Crippen molar-refractivity contribution in [2.75, 3.05) is 19.7 Å². The van der Waals surface area contributed by atoms with Crippen molar-refractivity contribution in [2.24, 2.45) is 5.92 Å². The van der Waals surface area contributed by atoms with E-state index in [0.717, 1.165) is 18.9 Å². The fraction of sp³-hybridized carbons (Fsp3) is 0.304. The van der Waals surface area contributed by atoms with Crippen LogP contribution in [0.5, 0.6) is 0 Å². The number of alkyl halides is 3. The van der Waals surface area contributed by atoms with E-state index in [4.69, 9.17) is 11.6 Å². The fourth-order valence-corrected chi connectivity index (χ4v) is 4.11. The number of carbonyl (C=O) groups is 1. The summed E-state index contributed by atoms with van der Waals surface area (Å²) in [4.78, 5) is 14.5. The van der Waals surface area contributed by atoms with E-state index in [1.807, 2.05) is 0 Å². The topological polar surface area (TPSA) is 58.4 Å². The molecule has 3 aromatic rings. The number of carbonyl (C=O) groups excluding carboxylic acids is 1. The van der Waals surface area contributed by atoms with Gasteiger partial charge in [0.15, 0.2) is 5.69 Å². The summed E-state index contributed by atoms with van der Waals surface area (Å²) in [5.74, 6) is -0.0944. The zero-order chi connectivity index (χ0) is 22.9. The monoisotopic (exact) mass is 463 g/mol. The highest BCUT2D eigenvalue weighted by atomic mass is 35.5. The van der Waals surface area contributed by atoms with Gasteiger partial charge in [-0.3, -0.25) is 4.79 Å². The van der Waals surface area contributed by atoms with Crippen LogP contribution in [0.15, 0.2) is 54.6 Å². The van der Waals surface area contributed by atoms with E-state index in [9.17, 15) is 23.1 Å². The van der Waals surface area contributed by atoms with Gasteiger partial charge in [-0.1, -0.05) is 35.9 Å². The summed E-state index contributed by atoms with van der Waals surface area (Å²) in [6.45, 7) is 1.15. The first-order chi connectivity index (χ1) is 15.3. The molecule has 4 rings (SSSR count). The molecule has 9 heteroatoms. The van der Waals surface area contributed by atoms with Gasteiger partial charge in [0, 0.05) is 30.8 Å². The first-order valence-corrected chi connectivity index (χ1v) is 10.6. The summed E-state index contributed by atoms with van der Waals surface area (Å²) in [6, 6.07) is 13.9. The lowest BCUT2D eigenvalue weighted by atomic mass is 9.98. The lowest BCUT2D eigenvalue weighted by Gasteiger charge is -2.32. The molecule has 0 spiro atoms. The predicted molar refractivity (Wildman–Crippen MR) is 115 cm³/mol. The van der Waals surface area contributed by atoms with E-state index in [2.05, 4.69) is 5.10 Å². The number of benzene rings is 2. The molecule has 0 saturated carbocycles. The minimum absolute atomic E-state index is 0.0380. The highest BCUT2D eigenvalue weighted by Crippen LogP contribution is 2.34. The van der Waals surface area contributed by atoms with E-state index in [1.54, 1.807) is 53.4 Å². The number of aliphatic hydroxyl groups is 1. The Hall–Kier alpha value is -2.84. The van der Waals surface area contributed by atoms with Crippen molar-refractivity contribution in [3.8, 4) is 16.9 Å². The summed E-state index contributed by atoms with van der Waals surface area (Å²) in [5, 5.41) is 13.4. The van der Waals surface area contributed by atoms with E-state index in [-0.39, 0.29) is 29.1 Å². The Labute approximate surface area is 188 Å². The van der Waals surface area contributed by atoms with Crippen LogP contribution in [0.3, 0.4) is 0 Å². The van der Waals surface area contributed by atoms with Gasteiger partial charge in [0.05, 0.1) is 16.4 Å². The molecular formula is C23H21ClF3N3O2. The highest BCUT2D eigenvalue weighted by Gasteiger charge is 2.35. The number of halogens is 4. The minimum atomic E-state index is -4.62. The number of likely N-dealkylation sites (tertiary alicyclic amines) is 1. The summed E-state index contributed by atoms with van der Waals surface area (Å²) >= 11 is 6.21.